The van der Waals surface area contributed by atoms with Crippen LogP contribution in [0.5, 0.6) is 0 Å². The second-order valence-corrected chi connectivity index (χ2v) is 9.52. The number of hydrogen-bond acceptors (Lipinski definition) is 5. The topological polar surface area (TPSA) is 66.9 Å². The summed E-state index contributed by atoms with van der Waals surface area (Å²) < 4.78 is 32.7. The molecule has 2 fully saturated rings. The Morgan fingerprint density at radius 1 is 1.21 bits per heavy atom. The monoisotopic (exact) mass is 372 g/mol. The van der Waals surface area contributed by atoms with E-state index < -0.39 is 10.0 Å². The van der Waals surface area contributed by atoms with Crippen LogP contribution in [0.25, 0.3) is 0 Å². The molecule has 2 aliphatic rings. The van der Waals surface area contributed by atoms with Gasteiger partial charge in [-0.15, -0.1) is 11.3 Å². The predicted octanol–water partition coefficient (Wildman–Crippen LogP) is 1.57. The number of ether oxygens (including phenoxy) is 1. The van der Waals surface area contributed by atoms with Gasteiger partial charge >= 0.3 is 0 Å². The van der Waals surface area contributed by atoms with Gasteiger partial charge in [-0.2, -0.15) is 4.31 Å². The van der Waals surface area contributed by atoms with E-state index in [1.165, 1.54) is 15.6 Å². The minimum Gasteiger partial charge on any atom is -0.378 e. The summed E-state index contributed by atoms with van der Waals surface area (Å²) in [5.41, 5.74) is 0. The molecule has 6 nitrogen and oxygen atoms in total. The summed E-state index contributed by atoms with van der Waals surface area (Å²) in [6.45, 7) is 5.34. The van der Waals surface area contributed by atoms with Crippen LogP contribution < -0.4 is 0 Å². The molecule has 0 bridgehead atoms. The van der Waals surface area contributed by atoms with Crippen LogP contribution >= 0.6 is 11.3 Å². The molecule has 24 heavy (non-hydrogen) atoms. The molecule has 1 amide bonds. The Morgan fingerprint density at radius 2 is 1.88 bits per heavy atom. The maximum atomic E-state index is 12.7. The third-order valence-electron chi connectivity index (χ3n) is 4.71. The van der Waals surface area contributed by atoms with Crippen LogP contribution in [0.1, 0.15) is 24.6 Å². The molecule has 0 radical (unpaired) electrons. The summed E-state index contributed by atoms with van der Waals surface area (Å²) in [5, 5.41) is 0. The Bertz CT molecular complexity index is 672. The maximum absolute atomic E-state index is 12.7. The van der Waals surface area contributed by atoms with Crippen molar-refractivity contribution in [2.45, 2.75) is 30.4 Å². The first-order valence-electron chi connectivity index (χ1n) is 8.47. The molecule has 2 aliphatic heterocycles. The fourth-order valence-corrected chi connectivity index (χ4v) is 6.12. The number of carbonyl (C=O) groups excluding carboxylic acids is 1. The Labute approximate surface area is 147 Å². The normalized spacial score (nSPS) is 21.1. The summed E-state index contributed by atoms with van der Waals surface area (Å²) in [6, 6.07) is 3.58. The molecule has 0 spiro atoms. The average molecular weight is 373 g/mol. The molecule has 0 atom stereocenters. The first-order valence-corrected chi connectivity index (χ1v) is 10.7. The van der Waals surface area contributed by atoms with E-state index in [0.717, 1.165) is 11.3 Å². The van der Waals surface area contributed by atoms with Gasteiger partial charge in [0.15, 0.2) is 0 Å². The Kier molecular flexibility index (Phi) is 5.59. The van der Waals surface area contributed by atoms with Gasteiger partial charge in [-0.1, -0.05) is 6.92 Å². The van der Waals surface area contributed by atoms with Gasteiger partial charge in [-0.3, -0.25) is 4.79 Å². The standard InChI is InChI=1S/C16H24N2O4S2/c1-2-14-3-4-15(23-14)24(20,21)18-7-5-13(6-8-18)16(19)17-9-11-22-12-10-17/h3-4,13H,2,5-12H2,1H3. The first kappa shape index (κ1) is 17.8. The molecule has 0 N–H and O–H groups in total. The van der Waals surface area contributed by atoms with E-state index in [2.05, 4.69) is 0 Å². The quantitative estimate of drug-likeness (QED) is 0.805. The summed E-state index contributed by atoms with van der Waals surface area (Å²) in [7, 11) is -3.42. The molecule has 2 saturated heterocycles. The number of nitrogens with zero attached hydrogens (tertiary/aromatic N) is 2. The highest BCUT2D eigenvalue weighted by Gasteiger charge is 2.34. The molecular formula is C16H24N2O4S2. The lowest BCUT2D eigenvalue weighted by molar-refractivity contribution is -0.140. The number of sulfonamides is 1. The summed E-state index contributed by atoms with van der Waals surface area (Å²) in [5.74, 6) is 0.0869. The second kappa shape index (κ2) is 7.51. The summed E-state index contributed by atoms with van der Waals surface area (Å²) in [4.78, 5) is 15.5. The van der Waals surface area contributed by atoms with Crippen molar-refractivity contribution < 1.29 is 17.9 Å². The molecule has 0 unspecified atom stereocenters. The van der Waals surface area contributed by atoms with Crippen LogP contribution in [0.15, 0.2) is 16.3 Å². The number of amides is 1. The molecular weight excluding hydrogens is 348 g/mol. The van der Waals surface area contributed by atoms with E-state index in [4.69, 9.17) is 4.74 Å². The third-order valence-corrected chi connectivity index (χ3v) is 8.30. The smallest absolute Gasteiger partial charge is 0.252 e. The van der Waals surface area contributed by atoms with Crippen LogP contribution in [-0.4, -0.2) is 62.9 Å². The van der Waals surface area contributed by atoms with E-state index in [0.29, 0.717) is 56.4 Å². The Hall–Kier alpha value is -0.960. The van der Waals surface area contributed by atoms with Gasteiger partial charge in [-0.25, -0.2) is 8.42 Å². The third kappa shape index (κ3) is 3.66. The zero-order chi connectivity index (χ0) is 17.2. The van der Waals surface area contributed by atoms with Gasteiger partial charge < -0.3 is 9.64 Å². The molecule has 3 heterocycles. The molecule has 0 aliphatic carbocycles. The molecule has 1 aromatic heterocycles. The van der Waals surface area contributed by atoms with Crippen LogP contribution in [-0.2, 0) is 26.0 Å². The number of piperidine rings is 1. The van der Waals surface area contributed by atoms with E-state index in [9.17, 15) is 13.2 Å². The lowest BCUT2D eigenvalue weighted by Gasteiger charge is -2.34. The number of carbonyl (C=O) groups is 1. The van der Waals surface area contributed by atoms with Crippen molar-refractivity contribution in [1.82, 2.24) is 9.21 Å². The van der Waals surface area contributed by atoms with Crippen molar-refractivity contribution in [3.63, 3.8) is 0 Å². The van der Waals surface area contributed by atoms with Crippen molar-refractivity contribution in [2.75, 3.05) is 39.4 Å². The SMILES string of the molecule is CCc1ccc(S(=O)(=O)N2CCC(C(=O)N3CCOCC3)CC2)s1. The van der Waals surface area contributed by atoms with Crippen molar-refractivity contribution in [2.24, 2.45) is 5.92 Å². The fourth-order valence-electron chi connectivity index (χ4n) is 3.20. The van der Waals surface area contributed by atoms with E-state index in [1.54, 1.807) is 6.07 Å². The van der Waals surface area contributed by atoms with Crippen LogP contribution in [0.2, 0.25) is 0 Å². The average Bonchev–Trinajstić information content (AvgIpc) is 3.12. The summed E-state index contributed by atoms with van der Waals surface area (Å²) >= 11 is 1.34. The van der Waals surface area contributed by atoms with Crippen molar-refractivity contribution in [3.05, 3.63) is 17.0 Å². The lowest BCUT2D eigenvalue weighted by Crippen LogP contribution is -2.47. The molecule has 1 aromatic rings. The number of thiophene rings is 1. The zero-order valence-electron chi connectivity index (χ0n) is 13.9. The van der Waals surface area contributed by atoms with Crippen LogP contribution in [0, 0.1) is 5.92 Å². The highest BCUT2D eigenvalue weighted by atomic mass is 32.2. The largest absolute Gasteiger partial charge is 0.378 e. The highest BCUT2D eigenvalue weighted by molar-refractivity contribution is 7.91. The predicted molar refractivity (Wildman–Crippen MR) is 92.6 cm³/mol. The van der Waals surface area contributed by atoms with E-state index in [-0.39, 0.29) is 11.8 Å². The molecule has 0 aromatic carbocycles. The van der Waals surface area contributed by atoms with Crippen LogP contribution in [0.4, 0.5) is 0 Å². The van der Waals surface area contributed by atoms with Crippen LogP contribution in [0.3, 0.4) is 0 Å². The fraction of sp³-hybridized carbons (Fsp3) is 0.688. The number of hydrogen-bond donors (Lipinski definition) is 0. The number of aryl methyl sites for hydroxylation is 1. The molecule has 8 heteroatoms. The van der Waals surface area contributed by atoms with Gasteiger partial charge in [0.2, 0.25) is 5.91 Å². The molecule has 3 rings (SSSR count). The van der Waals surface area contributed by atoms with Gasteiger partial charge in [0.05, 0.1) is 13.2 Å². The van der Waals surface area contributed by atoms with Gasteiger partial charge in [0.1, 0.15) is 4.21 Å². The minimum absolute atomic E-state index is 0.0657. The number of morpholine rings is 1. The van der Waals surface area contributed by atoms with Crippen molar-refractivity contribution in [3.8, 4) is 0 Å². The van der Waals surface area contributed by atoms with Crippen molar-refractivity contribution >= 4 is 27.3 Å². The van der Waals surface area contributed by atoms with Gasteiger partial charge in [0, 0.05) is 37.0 Å². The Balaban J connectivity index is 1.60. The highest BCUT2D eigenvalue weighted by Crippen LogP contribution is 2.29. The minimum atomic E-state index is -3.42. The zero-order valence-corrected chi connectivity index (χ0v) is 15.6. The second-order valence-electron chi connectivity index (χ2n) is 6.19. The maximum Gasteiger partial charge on any atom is 0.252 e. The lowest BCUT2D eigenvalue weighted by atomic mass is 9.96. The van der Waals surface area contributed by atoms with E-state index in [1.807, 2.05) is 17.9 Å². The molecule has 0 saturated carbocycles. The van der Waals surface area contributed by atoms with Gasteiger partial charge in [-0.05, 0) is 31.4 Å². The van der Waals surface area contributed by atoms with Crippen molar-refractivity contribution in [1.29, 1.82) is 0 Å². The van der Waals surface area contributed by atoms with Gasteiger partial charge in [0.25, 0.3) is 10.0 Å². The first-order chi connectivity index (χ1) is 11.5. The molecule has 134 valence electrons. The van der Waals surface area contributed by atoms with E-state index >= 15 is 0 Å². The Morgan fingerprint density at radius 3 is 2.46 bits per heavy atom. The summed E-state index contributed by atoms with van der Waals surface area (Å²) in [6.07, 6.45) is 2.04. The number of rotatable bonds is 4.